The number of methoxy groups -OCH3 is 2. The summed E-state index contributed by atoms with van der Waals surface area (Å²) in [5.41, 5.74) is 2.00. The maximum absolute atomic E-state index is 8.80. The highest BCUT2D eigenvalue weighted by Crippen LogP contribution is 2.31. The normalized spacial score (nSPS) is 9.53. The second-order valence-electron chi connectivity index (χ2n) is 3.74. The zero-order valence-corrected chi connectivity index (χ0v) is 10.7. The van der Waals surface area contributed by atoms with Crippen LogP contribution in [-0.4, -0.2) is 19.2 Å². The lowest BCUT2D eigenvalue weighted by Gasteiger charge is -2.11. The summed E-state index contributed by atoms with van der Waals surface area (Å²) in [5, 5.41) is 12.0. The van der Waals surface area contributed by atoms with Crippen LogP contribution in [0.5, 0.6) is 11.5 Å². The second-order valence-corrected chi connectivity index (χ2v) is 3.74. The molecule has 0 saturated carbocycles. The molecule has 2 aromatic rings. The van der Waals surface area contributed by atoms with Crippen LogP contribution in [0.4, 0.5) is 11.4 Å². The van der Waals surface area contributed by atoms with Gasteiger partial charge in [-0.2, -0.15) is 5.26 Å². The minimum atomic E-state index is 0.366. The Labute approximate surface area is 111 Å². The molecule has 0 saturated heterocycles. The molecule has 0 spiro atoms. The van der Waals surface area contributed by atoms with Gasteiger partial charge < -0.3 is 14.8 Å². The molecule has 0 amide bonds. The summed E-state index contributed by atoms with van der Waals surface area (Å²) in [5.74, 6) is 1.31. The lowest BCUT2D eigenvalue weighted by molar-refractivity contribution is 0.355. The number of nitrogens with one attached hydrogen (secondary N) is 1. The summed E-state index contributed by atoms with van der Waals surface area (Å²) in [6, 6.07) is 11.0. The first-order valence-electron chi connectivity index (χ1n) is 5.62. The third kappa shape index (κ3) is 2.93. The van der Waals surface area contributed by atoms with Crippen LogP contribution in [0.25, 0.3) is 0 Å². The van der Waals surface area contributed by atoms with E-state index in [0.717, 1.165) is 11.4 Å². The van der Waals surface area contributed by atoms with Gasteiger partial charge in [0.15, 0.2) is 11.5 Å². The maximum atomic E-state index is 8.80. The number of benzene rings is 1. The fraction of sp³-hybridized carbons (Fsp3) is 0.143. The molecule has 0 bridgehead atoms. The number of hydrogen-bond donors (Lipinski definition) is 1. The maximum Gasteiger partial charge on any atom is 0.162 e. The van der Waals surface area contributed by atoms with Gasteiger partial charge in [-0.3, -0.25) is 0 Å². The van der Waals surface area contributed by atoms with Gasteiger partial charge in [0.2, 0.25) is 0 Å². The Morgan fingerprint density at radius 1 is 1.05 bits per heavy atom. The van der Waals surface area contributed by atoms with E-state index in [1.165, 1.54) is 0 Å². The van der Waals surface area contributed by atoms with Crippen molar-refractivity contribution in [2.45, 2.75) is 0 Å². The molecule has 1 heterocycles. The SMILES string of the molecule is COc1ccc(Nc2ccnc(C#N)c2)cc1OC. The van der Waals surface area contributed by atoms with Gasteiger partial charge in [0.25, 0.3) is 0 Å². The Balaban J connectivity index is 2.26. The highest BCUT2D eigenvalue weighted by atomic mass is 16.5. The molecule has 96 valence electrons. The van der Waals surface area contributed by atoms with Crippen LogP contribution in [0, 0.1) is 11.3 Å². The summed E-state index contributed by atoms with van der Waals surface area (Å²) >= 11 is 0. The van der Waals surface area contributed by atoms with E-state index in [0.29, 0.717) is 17.2 Å². The van der Waals surface area contributed by atoms with Gasteiger partial charge in [-0.1, -0.05) is 0 Å². The molecule has 5 heteroatoms. The fourth-order valence-electron chi connectivity index (χ4n) is 1.65. The van der Waals surface area contributed by atoms with Crippen molar-refractivity contribution in [1.29, 1.82) is 5.26 Å². The summed E-state index contributed by atoms with van der Waals surface area (Å²) in [6.07, 6.45) is 1.58. The Kier molecular flexibility index (Phi) is 3.84. The number of anilines is 2. The zero-order chi connectivity index (χ0) is 13.7. The predicted molar refractivity (Wildman–Crippen MR) is 71.8 cm³/mol. The van der Waals surface area contributed by atoms with Crippen LogP contribution >= 0.6 is 0 Å². The molecular formula is C14H13N3O2. The molecule has 0 aliphatic heterocycles. The summed E-state index contributed by atoms with van der Waals surface area (Å²) < 4.78 is 10.4. The number of pyridine rings is 1. The average Bonchev–Trinajstić information content (AvgIpc) is 2.47. The minimum absolute atomic E-state index is 0.366. The number of ether oxygens (including phenoxy) is 2. The van der Waals surface area contributed by atoms with Crippen molar-refractivity contribution in [3.05, 3.63) is 42.2 Å². The number of nitrogens with zero attached hydrogens (tertiary/aromatic N) is 2. The van der Waals surface area contributed by atoms with E-state index < -0.39 is 0 Å². The van der Waals surface area contributed by atoms with Crippen LogP contribution in [0.1, 0.15) is 5.69 Å². The Bertz CT molecular complexity index is 620. The number of rotatable bonds is 4. The lowest BCUT2D eigenvalue weighted by atomic mass is 10.2. The molecule has 2 rings (SSSR count). The van der Waals surface area contributed by atoms with Gasteiger partial charge in [-0.25, -0.2) is 4.98 Å². The van der Waals surface area contributed by atoms with Crippen molar-refractivity contribution in [3.8, 4) is 17.6 Å². The van der Waals surface area contributed by atoms with Crippen LogP contribution in [-0.2, 0) is 0 Å². The van der Waals surface area contributed by atoms with Crippen molar-refractivity contribution in [2.24, 2.45) is 0 Å². The van der Waals surface area contributed by atoms with Crippen molar-refractivity contribution in [3.63, 3.8) is 0 Å². The third-order valence-corrected chi connectivity index (χ3v) is 2.55. The lowest BCUT2D eigenvalue weighted by Crippen LogP contribution is -1.95. The van der Waals surface area contributed by atoms with Gasteiger partial charge in [0, 0.05) is 23.6 Å². The first-order chi connectivity index (χ1) is 9.26. The van der Waals surface area contributed by atoms with Crippen molar-refractivity contribution in [1.82, 2.24) is 4.98 Å². The minimum Gasteiger partial charge on any atom is -0.493 e. The number of nitriles is 1. The highest BCUT2D eigenvalue weighted by molar-refractivity contribution is 5.64. The summed E-state index contributed by atoms with van der Waals surface area (Å²) in [4.78, 5) is 3.91. The quantitative estimate of drug-likeness (QED) is 0.909. The predicted octanol–water partition coefficient (Wildman–Crippen LogP) is 2.71. The van der Waals surface area contributed by atoms with Gasteiger partial charge in [0.1, 0.15) is 11.8 Å². The molecule has 0 fully saturated rings. The van der Waals surface area contributed by atoms with E-state index in [-0.39, 0.29) is 0 Å². The van der Waals surface area contributed by atoms with Gasteiger partial charge in [-0.05, 0) is 24.3 Å². The van der Waals surface area contributed by atoms with E-state index in [4.69, 9.17) is 14.7 Å². The Hall–Kier alpha value is -2.74. The molecule has 1 aromatic carbocycles. The van der Waals surface area contributed by atoms with Crippen molar-refractivity contribution in [2.75, 3.05) is 19.5 Å². The summed E-state index contributed by atoms with van der Waals surface area (Å²) in [7, 11) is 3.18. The first kappa shape index (κ1) is 12.7. The highest BCUT2D eigenvalue weighted by Gasteiger charge is 2.05. The van der Waals surface area contributed by atoms with Crippen molar-refractivity contribution < 1.29 is 9.47 Å². The van der Waals surface area contributed by atoms with Crippen LogP contribution in [0.15, 0.2) is 36.5 Å². The standard InChI is InChI=1S/C14H13N3O2/c1-18-13-4-3-10(8-14(13)19-2)17-11-5-6-16-12(7-11)9-15/h3-8H,1-2H3,(H,16,17). The molecule has 0 atom stereocenters. The zero-order valence-electron chi connectivity index (χ0n) is 10.7. The smallest absolute Gasteiger partial charge is 0.162 e. The molecule has 0 unspecified atom stereocenters. The molecule has 0 radical (unpaired) electrons. The topological polar surface area (TPSA) is 67.2 Å². The molecule has 0 aliphatic rings. The van der Waals surface area contributed by atoms with Gasteiger partial charge in [-0.15, -0.1) is 0 Å². The van der Waals surface area contributed by atoms with E-state index in [1.54, 1.807) is 32.5 Å². The average molecular weight is 255 g/mol. The molecular weight excluding hydrogens is 242 g/mol. The van der Waals surface area contributed by atoms with Crippen LogP contribution in [0.3, 0.4) is 0 Å². The monoisotopic (exact) mass is 255 g/mol. The van der Waals surface area contributed by atoms with Gasteiger partial charge in [0.05, 0.1) is 14.2 Å². The number of aromatic nitrogens is 1. The molecule has 1 N–H and O–H groups in total. The van der Waals surface area contributed by atoms with Gasteiger partial charge >= 0.3 is 0 Å². The summed E-state index contributed by atoms with van der Waals surface area (Å²) in [6.45, 7) is 0. The Morgan fingerprint density at radius 3 is 2.47 bits per heavy atom. The van der Waals surface area contributed by atoms with Crippen molar-refractivity contribution >= 4 is 11.4 Å². The van der Waals surface area contributed by atoms with E-state index in [1.807, 2.05) is 24.3 Å². The second kappa shape index (κ2) is 5.74. The van der Waals surface area contributed by atoms with E-state index in [2.05, 4.69) is 10.3 Å². The van der Waals surface area contributed by atoms with Crippen LogP contribution in [0.2, 0.25) is 0 Å². The molecule has 0 aliphatic carbocycles. The fourth-order valence-corrected chi connectivity index (χ4v) is 1.65. The van der Waals surface area contributed by atoms with E-state index in [9.17, 15) is 0 Å². The molecule has 5 nitrogen and oxygen atoms in total. The van der Waals surface area contributed by atoms with E-state index >= 15 is 0 Å². The molecule has 1 aromatic heterocycles. The first-order valence-corrected chi connectivity index (χ1v) is 5.62. The van der Waals surface area contributed by atoms with Crippen LogP contribution < -0.4 is 14.8 Å². The third-order valence-electron chi connectivity index (χ3n) is 2.55. The Morgan fingerprint density at radius 2 is 1.79 bits per heavy atom. The largest absolute Gasteiger partial charge is 0.493 e. The molecule has 19 heavy (non-hydrogen) atoms. The number of hydrogen-bond acceptors (Lipinski definition) is 5.